The SMILES string of the molecule is N#Cc1ccc(C2COCCN2)cc1. The summed E-state index contributed by atoms with van der Waals surface area (Å²) in [6.45, 7) is 2.39. The molecule has 1 saturated heterocycles. The molecule has 0 aliphatic carbocycles. The number of hydrogen-bond donors (Lipinski definition) is 1. The summed E-state index contributed by atoms with van der Waals surface area (Å²) in [5, 5.41) is 12.0. The van der Waals surface area contributed by atoms with Gasteiger partial charge in [-0.1, -0.05) is 12.1 Å². The Kier molecular flexibility index (Phi) is 2.78. The van der Waals surface area contributed by atoms with Gasteiger partial charge in [0, 0.05) is 6.54 Å². The van der Waals surface area contributed by atoms with Gasteiger partial charge in [-0.25, -0.2) is 0 Å². The summed E-state index contributed by atoms with van der Waals surface area (Å²) >= 11 is 0. The van der Waals surface area contributed by atoms with Crippen molar-refractivity contribution in [1.29, 1.82) is 5.26 Å². The van der Waals surface area contributed by atoms with Crippen LogP contribution in [0.2, 0.25) is 0 Å². The van der Waals surface area contributed by atoms with Gasteiger partial charge in [0.1, 0.15) is 0 Å². The van der Waals surface area contributed by atoms with E-state index in [2.05, 4.69) is 11.4 Å². The normalized spacial score (nSPS) is 21.5. The number of hydrogen-bond acceptors (Lipinski definition) is 3. The topological polar surface area (TPSA) is 45.0 Å². The Hall–Kier alpha value is -1.37. The average Bonchev–Trinajstić information content (AvgIpc) is 2.30. The summed E-state index contributed by atoms with van der Waals surface area (Å²) in [6.07, 6.45) is 0. The summed E-state index contributed by atoms with van der Waals surface area (Å²) < 4.78 is 5.37. The molecule has 3 nitrogen and oxygen atoms in total. The quantitative estimate of drug-likeness (QED) is 0.720. The van der Waals surface area contributed by atoms with E-state index in [0.717, 1.165) is 13.2 Å². The van der Waals surface area contributed by atoms with Crippen LogP contribution in [0.4, 0.5) is 0 Å². The molecule has 1 atom stereocenters. The summed E-state index contributed by atoms with van der Waals surface area (Å²) in [5.41, 5.74) is 1.88. The lowest BCUT2D eigenvalue weighted by Gasteiger charge is -2.24. The fourth-order valence-corrected chi connectivity index (χ4v) is 1.57. The van der Waals surface area contributed by atoms with Gasteiger partial charge in [-0.05, 0) is 17.7 Å². The van der Waals surface area contributed by atoms with Gasteiger partial charge in [-0.3, -0.25) is 0 Å². The second kappa shape index (κ2) is 4.23. The molecule has 0 aromatic heterocycles. The third-order valence-corrected chi connectivity index (χ3v) is 2.36. The predicted octanol–water partition coefficient (Wildman–Crippen LogP) is 1.22. The average molecular weight is 188 g/mol. The van der Waals surface area contributed by atoms with Crippen molar-refractivity contribution >= 4 is 0 Å². The van der Waals surface area contributed by atoms with Crippen LogP contribution in [-0.2, 0) is 4.74 Å². The van der Waals surface area contributed by atoms with Gasteiger partial charge in [0.25, 0.3) is 0 Å². The molecule has 0 bridgehead atoms. The van der Waals surface area contributed by atoms with Crippen LogP contribution in [0.5, 0.6) is 0 Å². The number of morpholine rings is 1. The molecule has 1 N–H and O–H groups in total. The maximum absolute atomic E-state index is 8.65. The Morgan fingerprint density at radius 2 is 2.14 bits per heavy atom. The van der Waals surface area contributed by atoms with Crippen LogP contribution in [0, 0.1) is 11.3 Å². The first kappa shape index (κ1) is 9.20. The van der Waals surface area contributed by atoms with Crippen molar-refractivity contribution in [2.75, 3.05) is 19.8 Å². The fourth-order valence-electron chi connectivity index (χ4n) is 1.57. The minimum atomic E-state index is 0.275. The number of nitrogens with zero attached hydrogens (tertiary/aromatic N) is 1. The smallest absolute Gasteiger partial charge is 0.0991 e. The molecule has 0 radical (unpaired) electrons. The van der Waals surface area contributed by atoms with E-state index in [9.17, 15) is 0 Å². The van der Waals surface area contributed by atoms with E-state index in [1.54, 1.807) is 0 Å². The van der Waals surface area contributed by atoms with E-state index in [1.165, 1.54) is 5.56 Å². The minimum Gasteiger partial charge on any atom is -0.378 e. The zero-order chi connectivity index (χ0) is 9.80. The van der Waals surface area contributed by atoms with Crippen molar-refractivity contribution < 1.29 is 4.74 Å². The lowest BCUT2D eigenvalue weighted by Crippen LogP contribution is -2.34. The van der Waals surface area contributed by atoms with Gasteiger partial charge in [0.2, 0.25) is 0 Å². The zero-order valence-corrected chi connectivity index (χ0v) is 7.86. The summed E-state index contributed by atoms with van der Waals surface area (Å²) in [7, 11) is 0. The third-order valence-electron chi connectivity index (χ3n) is 2.36. The second-order valence-electron chi connectivity index (χ2n) is 3.32. The molecule has 0 spiro atoms. The highest BCUT2D eigenvalue weighted by Crippen LogP contribution is 2.15. The van der Waals surface area contributed by atoms with Crippen LogP contribution in [0.3, 0.4) is 0 Å². The minimum absolute atomic E-state index is 0.275. The molecule has 1 heterocycles. The molecule has 14 heavy (non-hydrogen) atoms. The molecular weight excluding hydrogens is 176 g/mol. The maximum atomic E-state index is 8.65. The van der Waals surface area contributed by atoms with E-state index in [4.69, 9.17) is 10.00 Å². The number of ether oxygens (including phenoxy) is 1. The third kappa shape index (κ3) is 1.92. The Balaban J connectivity index is 2.12. The van der Waals surface area contributed by atoms with Crippen molar-refractivity contribution in [2.45, 2.75) is 6.04 Å². The van der Waals surface area contributed by atoms with Crippen molar-refractivity contribution in [1.82, 2.24) is 5.32 Å². The molecule has 1 aliphatic rings. The molecule has 0 saturated carbocycles. The maximum Gasteiger partial charge on any atom is 0.0991 e. The van der Waals surface area contributed by atoms with Gasteiger partial charge >= 0.3 is 0 Å². The van der Waals surface area contributed by atoms with Crippen LogP contribution >= 0.6 is 0 Å². The fraction of sp³-hybridized carbons (Fsp3) is 0.364. The van der Waals surface area contributed by atoms with Crippen LogP contribution < -0.4 is 5.32 Å². The standard InChI is InChI=1S/C11H12N2O/c12-7-9-1-3-10(4-2-9)11-8-14-6-5-13-11/h1-4,11,13H,5-6,8H2. The number of benzene rings is 1. The molecule has 1 aromatic rings. The number of rotatable bonds is 1. The lowest BCUT2D eigenvalue weighted by atomic mass is 10.1. The molecule has 1 aliphatic heterocycles. The Morgan fingerprint density at radius 3 is 2.71 bits per heavy atom. The Bertz CT molecular complexity index is 333. The highest BCUT2D eigenvalue weighted by atomic mass is 16.5. The first-order chi connectivity index (χ1) is 6.90. The predicted molar refractivity (Wildman–Crippen MR) is 52.7 cm³/mol. The molecule has 72 valence electrons. The summed E-state index contributed by atoms with van der Waals surface area (Å²) in [6, 6.07) is 10.0. The van der Waals surface area contributed by atoms with E-state index in [0.29, 0.717) is 12.2 Å². The number of nitrogens with one attached hydrogen (secondary N) is 1. The monoisotopic (exact) mass is 188 g/mol. The molecule has 1 unspecified atom stereocenters. The van der Waals surface area contributed by atoms with E-state index < -0.39 is 0 Å². The van der Waals surface area contributed by atoms with Crippen molar-refractivity contribution in [3.05, 3.63) is 35.4 Å². The van der Waals surface area contributed by atoms with Crippen LogP contribution in [-0.4, -0.2) is 19.8 Å². The van der Waals surface area contributed by atoms with Gasteiger partial charge < -0.3 is 10.1 Å². The molecule has 1 fully saturated rings. The highest BCUT2D eigenvalue weighted by Gasteiger charge is 2.14. The van der Waals surface area contributed by atoms with Crippen LogP contribution in [0.15, 0.2) is 24.3 Å². The molecule has 0 amide bonds. The van der Waals surface area contributed by atoms with Crippen LogP contribution in [0.25, 0.3) is 0 Å². The first-order valence-corrected chi connectivity index (χ1v) is 4.71. The summed E-state index contributed by atoms with van der Waals surface area (Å²) in [5.74, 6) is 0. The highest BCUT2D eigenvalue weighted by molar-refractivity contribution is 5.33. The summed E-state index contributed by atoms with van der Waals surface area (Å²) in [4.78, 5) is 0. The van der Waals surface area contributed by atoms with Gasteiger partial charge in [-0.2, -0.15) is 5.26 Å². The van der Waals surface area contributed by atoms with Gasteiger partial charge in [-0.15, -0.1) is 0 Å². The van der Waals surface area contributed by atoms with Crippen molar-refractivity contribution in [3.63, 3.8) is 0 Å². The Morgan fingerprint density at radius 1 is 1.36 bits per heavy atom. The molecular formula is C11H12N2O. The molecule has 3 heteroatoms. The lowest BCUT2D eigenvalue weighted by molar-refractivity contribution is 0.0769. The van der Waals surface area contributed by atoms with Crippen LogP contribution in [0.1, 0.15) is 17.2 Å². The zero-order valence-electron chi connectivity index (χ0n) is 7.86. The molecule has 1 aromatic carbocycles. The van der Waals surface area contributed by atoms with Gasteiger partial charge in [0.15, 0.2) is 0 Å². The second-order valence-corrected chi connectivity index (χ2v) is 3.32. The van der Waals surface area contributed by atoms with E-state index in [1.807, 2.05) is 24.3 Å². The van der Waals surface area contributed by atoms with Crippen molar-refractivity contribution in [3.8, 4) is 6.07 Å². The largest absolute Gasteiger partial charge is 0.378 e. The van der Waals surface area contributed by atoms with E-state index >= 15 is 0 Å². The van der Waals surface area contributed by atoms with Gasteiger partial charge in [0.05, 0.1) is 30.9 Å². The first-order valence-electron chi connectivity index (χ1n) is 4.71. The Labute approximate surface area is 83.3 Å². The van der Waals surface area contributed by atoms with E-state index in [-0.39, 0.29) is 6.04 Å². The molecule has 2 rings (SSSR count). The van der Waals surface area contributed by atoms with Crippen molar-refractivity contribution in [2.24, 2.45) is 0 Å². The number of nitriles is 1.